The zero-order valence-corrected chi connectivity index (χ0v) is 16.5. The molecule has 4 rings (SSSR count). The van der Waals surface area contributed by atoms with Crippen molar-refractivity contribution in [1.29, 1.82) is 0 Å². The van der Waals surface area contributed by atoms with Gasteiger partial charge in [-0.15, -0.1) is 0 Å². The topological polar surface area (TPSA) is 91.2 Å². The predicted octanol–water partition coefficient (Wildman–Crippen LogP) is 3.59. The number of nitrogens with zero attached hydrogens (tertiary/aromatic N) is 4. The molecule has 152 valence electrons. The van der Waals surface area contributed by atoms with Crippen LogP contribution in [0.3, 0.4) is 0 Å². The van der Waals surface area contributed by atoms with Gasteiger partial charge in [-0.25, -0.2) is 15.0 Å². The van der Waals surface area contributed by atoms with E-state index in [2.05, 4.69) is 27.2 Å². The third-order valence-corrected chi connectivity index (χ3v) is 5.61. The summed E-state index contributed by atoms with van der Waals surface area (Å²) in [6, 6.07) is 0.470. The van der Waals surface area contributed by atoms with E-state index in [1.54, 1.807) is 12.7 Å². The van der Waals surface area contributed by atoms with E-state index in [4.69, 9.17) is 9.47 Å². The molecule has 2 fully saturated rings. The van der Waals surface area contributed by atoms with Gasteiger partial charge >= 0.3 is 5.97 Å². The lowest BCUT2D eigenvalue weighted by Gasteiger charge is -2.16. The number of fused-ring (bicyclic) bond motifs is 1. The Bertz CT molecular complexity index is 802. The predicted molar refractivity (Wildman–Crippen MR) is 105 cm³/mol. The van der Waals surface area contributed by atoms with E-state index in [9.17, 15) is 4.79 Å². The van der Waals surface area contributed by atoms with Crippen LogP contribution < -0.4 is 5.32 Å². The van der Waals surface area contributed by atoms with E-state index in [0.717, 1.165) is 42.7 Å². The largest absolute Gasteiger partial charge is 0.463 e. The second-order valence-corrected chi connectivity index (χ2v) is 7.75. The summed E-state index contributed by atoms with van der Waals surface area (Å²) in [5, 5.41) is 3.52. The highest BCUT2D eigenvalue weighted by Crippen LogP contribution is 2.32. The molecule has 0 unspecified atom stereocenters. The minimum absolute atomic E-state index is 0.0778. The van der Waals surface area contributed by atoms with E-state index in [1.807, 2.05) is 4.57 Å². The Hall–Kier alpha value is -2.22. The average molecular weight is 387 g/mol. The molecule has 28 heavy (non-hydrogen) atoms. The van der Waals surface area contributed by atoms with Crippen molar-refractivity contribution in [2.45, 2.75) is 83.1 Å². The molecule has 1 saturated heterocycles. The number of unbranched alkanes of at least 4 members (excludes halogenated alkanes) is 1. The Morgan fingerprint density at radius 3 is 2.93 bits per heavy atom. The molecule has 0 aromatic carbocycles. The molecule has 2 atom stereocenters. The van der Waals surface area contributed by atoms with Crippen molar-refractivity contribution in [1.82, 2.24) is 19.5 Å². The zero-order valence-electron chi connectivity index (χ0n) is 16.5. The maximum atomic E-state index is 11.7. The molecular weight excluding hydrogens is 358 g/mol. The minimum atomic E-state index is -0.141. The Balaban J connectivity index is 1.39. The van der Waals surface area contributed by atoms with Crippen molar-refractivity contribution in [3.8, 4) is 0 Å². The van der Waals surface area contributed by atoms with Crippen molar-refractivity contribution >= 4 is 23.0 Å². The monoisotopic (exact) mass is 387 g/mol. The first-order chi connectivity index (χ1) is 13.7. The number of hydrogen-bond acceptors (Lipinski definition) is 7. The van der Waals surface area contributed by atoms with Crippen molar-refractivity contribution < 1.29 is 14.3 Å². The van der Waals surface area contributed by atoms with Crippen LogP contribution in [0.2, 0.25) is 0 Å². The molecule has 0 amide bonds. The quantitative estimate of drug-likeness (QED) is 0.692. The van der Waals surface area contributed by atoms with E-state index >= 15 is 0 Å². The van der Waals surface area contributed by atoms with Crippen LogP contribution >= 0.6 is 0 Å². The molecule has 0 spiro atoms. The normalized spacial score (nSPS) is 22.8. The second kappa shape index (κ2) is 8.86. The molecule has 1 N–H and O–H groups in total. The number of nitrogens with one attached hydrogen (secondary N) is 1. The van der Waals surface area contributed by atoms with Crippen LogP contribution in [0.4, 0.5) is 5.82 Å². The molecule has 0 radical (unpaired) electrons. The molecule has 1 saturated carbocycles. The summed E-state index contributed by atoms with van der Waals surface area (Å²) in [6.07, 6.45) is 12.1. The smallest absolute Gasteiger partial charge is 0.305 e. The van der Waals surface area contributed by atoms with Crippen LogP contribution in [0, 0.1) is 0 Å². The van der Waals surface area contributed by atoms with Crippen LogP contribution in [-0.4, -0.2) is 44.2 Å². The van der Waals surface area contributed by atoms with E-state index in [-0.39, 0.29) is 18.3 Å². The first kappa shape index (κ1) is 19.1. The molecule has 0 bridgehead atoms. The number of carbonyl (C=O) groups excluding carboxylic acids is 1. The SMILES string of the molecule is CCCCC(=O)OC[C@@H]1CC[C@H](n2cnc3c(NC4CCCC4)ncnc32)O1. The molecular formula is C20H29N5O3. The number of anilines is 1. The molecule has 3 heterocycles. The van der Waals surface area contributed by atoms with Crippen molar-refractivity contribution in [2.75, 3.05) is 11.9 Å². The third kappa shape index (κ3) is 4.27. The van der Waals surface area contributed by atoms with Gasteiger partial charge in [0.05, 0.1) is 12.4 Å². The van der Waals surface area contributed by atoms with Gasteiger partial charge in [0, 0.05) is 12.5 Å². The molecule has 1 aliphatic heterocycles. The summed E-state index contributed by atoms with van der Waals surface area (Å²) < 4.78 is 13.4. The number of esters is 1. The number of hydrogen-bond donors (Lipinski definition) is 1. The van der Waals surface area contributed by atoms with E-state index in [1.165, 1.54) is 25.7 Å². The number of imidazole rings is 1. The van der Waals surface area contributed by atoms with Crippen molar-refractivity contribution in [3.63, 3.8) is 0 Å². The first-order valence-electron chi connectivity index (χ1n) is 10.5. The fourth-order valence-electron chi connectivity index (χ4n) is 4.02. The Morgan fingerprint density at radius 2 is 2.11 bits per heavy atom. The summed E-state index contributed by atoms with van der Waals surface area (Å²) >= 11 is 0. The number of carbonyl (C=O) groups is 1. The van der Waals surface area contributed by atoms with Crippen LogP contribution in [0.15, 0.2) is 12.7 Å². The maximum Gasteiger partial charge on any atom is 0.305 e. The Morgan fingerprint density at radius 1 is 1.25 bits per heavy atom. The Labute approximate surface area is 165 Å². The van der Waals surface area contributed by atoms with Crippen molar-refractivity contribution in [2.24, 2.45) is 0 Å². The molecule has 2 aromatic heterocycles. The van der Waals surface area contributed by atoms with E-state index < -0.39 is 0 Å². The number of rotatable bonds is 8. The van der Waals surface area contributed by atoms with Crippen molar-refractivity contribution in [3.05, 3.63) is 12.7 Å². The summed E-state index contributed by atoms with van der Waals surface area (Å²) in [7, 11) is 0. The average Bonchev–Trinajstić information content (AvgIpc) is 3.45. The van der Waals surface area contributed by atoms with Gasteiger partial charge in [0.1, 0.15) is 19.2 Å². The van der Waals surface area contributed by atoms with Crippen LogP contribution in [0.1, 0.15) is 70.9 Å². The fraction of sp³-hybridized carbons (Fsp3) is 0.700. The van der Waals surface area contributed by atoms with Gasteiger partial charge in [0.2, 0.25) is 0 Å². The van der Waals surface area contributed by atoms with Gasteiger partial charge < -0.3 is 14.8 Å². The van der Waals surface area contributed by atoms with Gasteiger partial charge in [-0.3, -0.25) is 9.36 Å². The number of aromatic nitrogens is 4. The maximum absolute atomic E-state index is 11.7. The fourth-order valence-corrected chi connectivity index (χ4v) is 4.02. The lowest BCUT2D eigenvalue weighted by atomic mass is 10.2. The Kier molecular flexibility index (Phi) is 6.04. The van der Waals surface area contributed by atoms with Gasteiger partial charge in [0.25, 0.3) is 0 Å². The summed E-state index contributed by atoms with van der Waals surface area (Å²) in [5.41, 5.74) is 1.56. The van der Waals surface area contributed by atoms with Crippen LogP contribution in [0.25, 0.3) is 11.2 Å². The van der Waals surface area contributed by atoms with Gasteiger partial charge in [-0.1, -0.05) is 26.2 Å². The first-order valence-corrected chi connectivity index (χ1v) is 10.5. The van der Waals surface area contributed by atoms with Crippen LogP contribution in [-0.2, 0) is 14.3 Å². The third-order valence-electron chi connectivity index (χ3n) is 5.61. The molecule has 8 nitrogen and oxygen atoms in total. The van der Waals surface area contributed by atoms with E-state index in [0.29, 0.717) is 19.1 Å². The van der Waals surface area contributed by atoms with Gasteiger partial charge in [-0.2, -0.15) is 0 Å². The highest BCUT2D eigenvalue weighted by atomic mass is 16.6. The highest BCUT2D eigenvalue weighted by molar-refractivity contribution is 5.82. The highest BCUT2D eigenvalue weighted by Gasteiger charge is 2.29. The lowest BCUT2D eigenvalue weighted by molar-refractivity contribution is -0.148. The summed E-state index contributed by atoms with van der Waals surface area (Å²) in [6.45, 7) is 2.38. The summed E-state index contributed by atoms with van der Waals surface area (Å²) in [5.74, 6) is 0.660. The number of ether oxygens (including phenoxy) is 2. The molecule has 8 heteroatoms. The molecule has 2 aromatic rings. The second-order valence-electron chi connectivity index (χ2n) is 7.75. The molecule has 2 aliphatic rings. The van der Waals surface area contributed by atoms with Gasteiger partial charge in [0.15, 0.2) is 17.0 Å². The lowest BCUT2D eigenvalue weighted by Crippen LogP contribution is -2.19. The zero-order chi connectivity index (χ0) is 19.3. The molecule has 1 aliphatic carbocycles. The van der Waals surface area contributed by atoms with Gasteiger partial charge in [-0.05, 0) is 32.1 Å². The summed E-state index contributed by atoms with van der Waals surface area (Å²) in [4.78, 5) is 25.1. The van der Waals surface area contributed by atoms with Crippen LogP contribution in [0.5, 0.6) is 0 Å². The minimum Gasteiger partial charge on any atom is -0.463 e. The standard InChI is InChI=1S/C20H29N5O3/c1-2-3-8-17(26)27-11-15-9-10-16(28-15)25-13-23-18-19(21-12-22-20(18)25)24-14-6-4-5-7-14/h12-16H,2-11H2,1H3,(H,21,22,24)/t15-,16+/m0/s1.